The van der Waals surface area contributed by atoms with Gasteiger partial charge >= 0.3 is 0 Å². The Bertz CT molecular complexity index is 598. The van der Waals surface area contributed by atoms with Gasteiger partial charge in [0.1, 0.15) is 0 Å². The van der Waals surface area contributed by atoms with Crippen LogP contribution in [0.5, 0.6) is 0 Å². The fourth-order valence-corrected chi connectivity index (χ4v) is 2.77. The lowest BCUT2D eigenvalue weighted by Gasteiger charge is -2.24. The molecule has 23 heavy (non-hydrogen) atoms. The summed E-state index contributed by atoms with van der Waals surface area (Å²) in [6, 6.07) is 19.6. The second kappa shape index (κ2) is 8.49. The van der Waals surface area contributed by atoms with Crippen molar-refractivity contribution in [2.75, 3.05) is 6.54 Å². The van der Waals surface area contributed by atoms with Crippen molar-refractivity contribution in [3.8, 4) is 0 Å². The fraction of sp³-hybridized carbons (Fsp3) is 0.350. The van der Waals surface area contributed by atoms with Gasteiger partial charge in [-0.2, -0.15) is 0 Å². The molecule has 0 spiro atoms. The smallest absolute Gasteiger partial charge is 0.227 e. The molecule has 0 saturated heterocycles. The molecule has 0 aliphatic heterocycles. The van der Waals surface area contributed by atoms with Crippen molar-refractivity contribution < 1.29 is 4.79 Å². The average molecular weight is 310 g/mol. The highest BCUT2D eigenvalue weighted by Gasteiger charge is 2.25. The quantitative estimate of drug-likeness (QED) is 0.820. The van der Waals surface area contributed by atoms with Crippen molar-refractivity contribution in [1.29, 1.82) is 0 Å². The third kappa shape index (κ3) is 4.67. The van der Waals surface area contributed by atoms with E-state index in [1.54, 1.807) is 0 Å². The Balaban J connectivity index is 2.04. The van der Waals surface area contributed by atoms with Crippen LogP contribution in [0.4, 0.5) is 0 Å². The zero-order chi connectivity index (χ0) is 16.7. The van der Waals surface area contributed by atoms with Crippen molar-refractivity contribution in [2.45, 2.75) is 32.2 Å². The first-order chi connectivity index (χ1) is 11.1. The second-order valence-electron chi connectivity index (χ2n) is 6.04. The molecule has 2 aromatic carbocycles. The van der Waals surface area contributed by atoms with Gasteiger partial charge in [0.15, 0.2) is 0 Å². The number of carbonyl (C=O) groups excluding carboxylic acids is 1. The van der Waals surface area contributed by atoms with Crippen molar-refractivity contribution in [3.05, 3.63) is 71.8 Å². The number of hydrogen-bond acceptors (Lipinski definition) is 2. The highest BCUT2D eigenvalue weighted by atomic mass is 16.1. The minimum Gasteiger partial charge on any atom is -0.354 e. The van der Waals surface area contributed by atoms with Crippen LogP contribution in [0.3, 0.4) is 0 Å². The van der Waals surface area contributed by atoms with Gasteiger partial charge in [-0.3, -0.25) is 4.79 Å². The van der Waals surface area contributed by atoms with Crippen LogP contribution in [0.1, 0.15) is 43.4 Å². The molecule has 0 aliphatic rings. The van der Waals surface area contributed by atoms with Crippen LogP contribution in [0, 0.1) is 5.92 Å². The van der Waals surface area contributed by atoms with Crippen LogP contribution in [-0.2, 0) is 4.79 Å². The van der Waals surface area contributed by atoms with Crippen LogP contribution in [0.25, 0.3) is 0 Å². The van der Waals surface area contributed by atoms with Crippen molar-refractivity contribution in [1.82, 2.24) is 5.32 Å². The number of nitrogens with one attached hydrogen (secondary N) is 1. The van der Waals surface area contributed by atoms with Crippen LogP contribution in [0.2, 0.25) is 0 Å². The van der Waals surface area contributed by atoms with Gasteiger partial charge in [-0.05, 0) is 17.0 Å². The molecule has 3 heteroatoms. The molecular weight excluding hydrogens is 284 g/mol. The van der Waals surface area contributed by atoms with Crippen LogP contribution < -0.4 is 11.1 Å². The molecule has 1 amide bonds. The van der Waals surface area contributed by atoms with Gasteiger partial charge < -0.3 is 11.1 Å². The Morgan fingerprint density at radius 2 is 1.52 bits per heavy atom. The van der Waals surface area contributed by atoms with Crippen LogP contribution >= 0.6 is 0 Å². The highest BCUT2D eigenvalue weighted by Crippen LogP contribution is 2.27. The van der Waals surface area contributed by atoms with Crippen molar-refractivity contribution >= 4 is 5.91 Å². The molecule has 122 valence electrons. The van der Waals surface area contributed by atoms with Crippen molar-refractivity contribution in [2.24, 2.45) is 11.7 Å². The summed E-state index contributed by atoms with van der Waals surface area (Å²) in [4.78, 5) is 12.7. The highest BCUT2D eigenvalue weighted by molar-refractivity contribution is 5.84. The summed E-state index contributed by atoms with van der Waals surface area (Å²) in [5.74, 6) is 0.200. The summed E-state index contributed by atoms with van der Waals surface area (Å²) in [6.45, 7) is 4.68. The summed E-state index contributed by atoms with van der Waals surface area (Å²) in [6.07, 6.45) is 0.956. The number of carbonyl (C=O) groups is 1. The van der Waals surface area contributed by atoms with Gasteiger partial charge in [0.2, 0.25) is 5.91 Å². The van der Waals surface area contributed by atoms with E-state index >= 15 is 0 Å². The van der Waals surface area contributed by atoms with E-state index in [0.29, 0.717) is 6.54 Å². The molecule has 0 saturated carbocycles. The van der Waals surface area contributed by atoms with Crippen molar-refractivity contribution in [3.63, 3.8) is 0 Å². The molecule has 3 unspecified atom stereocenters. The zero-order valence-electron chi connectivity index (χ0n) is 13.9. The monoisotopic (exact) mass is 310 g/mol. The molecule has 0 heterocycles. The van der Waals surface area contributed by atoms with Gasteiger partial charge in [-0.1, -0.05) is 80.9 Å². The Morgan fingerprint density at radius 1 is 1.00 bits per heavy atom. The number of hydrogen-bond donors (Lipinski definition) is 2. The number of benzene rings is 2. The maximum absolute atomic E-state index is 12.7. The Kier molecular flexibility index (Phi) is 6.36. The molecule has 0 aromatic heterocycles. The third-order valence-electron chi connectivity index (χ3n) is 4.38. The van der Waals surface area contributed by atoms with Crippen LogP contribution in [-0.4, -0.2) is 12.5 Å². The standard InChI is InChI=1S/C20H26N2O/c1-3-15(2)19(17-12-8-5-9-13-17)20(23)22-14-18(21)16-10-6-4-7-11-16/h4-13,15,18-19H,3,14,21H2,1-2H3,(H,22,23). The predicted octanol–water partition coefficient (Wildman–Crippen LogP) is 3.63. The zero-order valence-corrected chi connectivity index (χ0v) is 13.9. The first-order valence-electron chi connectivity index (χ1n) is 8.26. The lowest BCUT2D eigenvalue weighted by Crippen LogP contribution is -2.37. The van der Waals surface area contributed by atoms with E-state index in [1.165, 1.54) is 0 Å². The number of nitrogens with two attached hydrogens (primary N) is 1. The Morgan fingerprint density at radius 3 is 2.04 bits per heavy atom. The van der Waals surface area contributed by atoms with Gasteiger partial charge in [-0.15, -0.1) is 0 Å². The van der Waals surface area contributed by atoms with E-state index in [9.17, 15) is 4.79 Å². The number of rotatable bonds is 7. The van der Waals surface area contributed by atoms with E-state index in [1.807, 2.05) is 60.7 Å². The molecule has 2 aromatic rings. The molecule has 3 atom stereocenters. The lowest BCUT2D eigenvalue weighted by atomic mass is 9.85. The third-order valence-corrected chi connectivity index (χ3v) is 4.38. The molecule has 0 radical (unpaired) electrons. The molecule has 0 bridgehead atoms. The molecule has 2 rings (SSSR count). The van der Waals surface area contributed by atoms with E-state index in [2.05, 4.69) is 19.2 Å². The first kappa shape index (κ1) is 17.2. The summed E-state index contributed by atoms with van der Waals surface area (Å²) < 4.78 is 0. The first-order valence-corrected chi connectivity index (χ1v) is 8.26. The number of amides is 1. The van der Waals surface area contributed by atoms with Crippen LogP contribution in [0.15, 0.2) is 60.7 Å². The van der Waals surface area contributed by atoms with Gasteiger partial charge in [-0.25, -0.2) is 0 Å². The summed E-state index contributed by atoms with van der Waals surface area (Å²) in [5, 5.41) is 3.03. The average Bonchev–Trinajstić information content (AvgIpc) is 2.61. The largest absolute Gasteiger partial charge is 0.354 e. The Labute approximate surface area is 138 Å². The molecule has 0 aliphatic carbocycles. The molecule has 0 fully saturated rings. The van der Waals surface area contributed by atoms with Gasteiger partial charge in [0, 0.05) is 12.6 Å². The van der Waals surface area contributed by atoms with Gasteiger partial charge in [0.25, 0.3) is 0 Å². The van der Waals surface area contributed by atoms with Gasteiger partial charge in [0.05, 0.1) is 5.92 Å². The minimum absolute atomic E-state index is 0.0527. The fourth-order valence-electron chi connectivity index (χ4n) is 2.77. The summed E-state index contributed by atoms with van der Waals surface area (Å²) in [5.41, 5.74) is 8.27. The van der Waals surface area contributed by atoms with E-state index in [0.717, 1.165) is 17.5 Å². The molecule has 3 nitrogen and oxygen atoms in total. The van der Waals surface area contributed by atoms with E-state index < -0.39 is 0 Å². The summed E-state index contributed by atoms with van der Waals surface area (Å²) >= 11 is 0. The topological polar surface area (TPSA) is 55.1 Å². The van der Waals surface area contributed by atoms with E-state index in [-0.39, 0.29) is 23.8 Å². The second-order valence-corrected chi connectivity index (χ2v) is 6.04. The normalized spacial score (nSPS) is 14.7. The maximum atomic E-state index is 12.7. The minimum atomic E-state index is -0.187. The molecular formula is C20H26N2O. The predicted molar refractivity (Wildman–Crippen MR) is 95.0 cm³/mol. The summed E-state index contributed by atoms with van der Waals surface area (Å²) in [7, 11) is 0. The maximum Gasteiger partial charge on any atom is 0.227 e. The lowest BCUT2D eigenvalue weighted by molar-refractivity contribution is -0.123. The molecule has 3 N–H and O–H groups in total. The Hall–Kier alpha value is -2.13. The SMILES string of the molecule is CCC(C)C(C(=O)NCC(N)c1ccccc1)c1ccccc1. The van der Waals surface area contributed by atoms with E-state index in [4.69, 9.17) is 5.73 Å².